The smallest absolute Gasteiger partial charge is 0.335 e. The van der Waals surface area contributed by atoms with Gasteiger partial charge >= 0.3 is 5.97 Å². The first-order chi connectivity index (χ1) is 16.7. The average molecular weight is 482 g/mol. The predicted octanol–water partition coefficient (Wildman–Crippen LogP) is 6.17. The summed E-state index contributed by atoms with van der Waals surface area (Å²) in [6.07, 6.45) is 0. The summed E-state index contributed by atoms with van der Waals surface area (Å²) in [6.45, 7) is 5.66. The fraction of sp³-hybridized carbons (Fsp3) is 0.241. The Kier molecular flexibility index (Phi) is 7.79. The van der Waals surface area contributed by atoms with Crippen LogP contribution in [0.5, 0.6) is 0 Å². The number of nitriles is 2. The largest absolute Gasteiger partial charge is 0.467 e. The highest BCUT2D eigenvalue weighted by molar-refractivity contribution is 8.14. The molecule has 1 atom stereocenters. The third-order valence-electron chi connectivity index (χ3n) is 5.52. The number of thioether (sulfide) groups is 1. The maximum Gasteiger partial charge on any atom is 0.335 e. The van der Waals surface area contributed by atoms with E-state index < -0.39 is 22.3 Å². The Morgan fingerprint density at radius 2 is 1.26 bits per heavy atom. The number of rotatable bonds is 6. The molecular weight excluding hydrogens is 454 g/mol. The van der Waals surface area contributed by atoms with Crippen LogP contribution in [0.4, 0.5) is 0 Å². The third kappa shape index (κ3) is 4.85. The zero-order valence-corrected chi connectivity index (χ0v) is 21.0. The first-order valence-electron chi connectivity index (χ1n) is 11.1. The molecule has 35 heavy (non-hydrogen) atoms. The van der Waals surface area contributed by atoms with Crippen molar-refractivity contribution in [1.29, 1.82) is 10.5 Å². The van der Waals surface area contributed by atoms with Crippen LogP contribution in [0.1, 0.15) is 31.9 Å². The Hall–Kier alpha value is -3.87. The molecule has 1 unspecified atom stereocenters. The molecule has 0 saturated heterocycles. The predicted molar refractivity (Wildman–Crippen MR) is 139 cm³/mol. The molecule has 0 spiro atoms. The first kappa shape index (κ1) is 25.7. The molecule has 0 fully saturated rings. The second-order valence-corrected chi connectivity index (χ2v) is 10.0. The van der Waals surface area contributed by atoms with E-state index in [1.807, 2.05) is 63.2 Å². The molecule has 0 aliphatic carbocycles. The molecule has 5 nitrogen and oxygen atoms in total. The number of esters is 1. The normalized spacial score (nSPS) is 13.7. The van der Waals surface area contributed by atoms with Crippen LogP contribution in [0, 0.1) is 28.1 Å². The van der Waals surface area contributed by atoms with E-state index in [-0.39, 0.29) is 5.04 Å². The molecule has 3 aromatic carbocycles. The first-order valence-corrected chi connectivity index (χ1v) is 11.9. The number of hydrogen-bond acceptors (Lipinski definition) is 6. The van der Waals surface area contributed by atoms with Crippen LogP contribution >= 0.6 is 11.8 Å². The molecule has 3 aromatic rings. The number of methoxy groups -OCH3 is 1. The number of ether oxygens (including phenoxy) is 1. The lowest BCUT2D eigenvalue weighted by atomic mass is 9.58. The summed E-state index contributed by atoms with van der Waals surface area (Å²) in [5.41, 5.74) is -3.51. The van der Waals surface area contributed by atoms with Gasteiger partial charge in [0.1, 0.15) is 10.5 Å². The SMILES string of the molecule is COC(=O)C(C#N)(C(=NC(C)(C)C)Sc1ccccc1)C(C#N)(c1ccccc1)c1ccccc1. The van der Waals surface area contributed by atoms with Crippen LogP contribution in [0.3, 0.4) is 0 Å². The highest BCUT2D eigenvalue weighted by atomic mass is 32.2. The number of hydrogen-bond donors (Lipinski definition) is 0. The van der Waals surface area contributed by atoms with Gasteiger partial charge in [0, 0.05) is 4.90 Å². The van der Waals surface area contributed by atoms with Gasteiger partial charge in [0.15, 0.2) is 0 Å². The second kappa shape index (κ2) is 10.6. The molecule has 0 aliphatic rings. The lowest BCUT2D eigenvalue weighted by molar-refractivity contribution is -0.147. The lowest BCUT2D eigenvalue weighted by Crippen LogP contribution is -2.55. The van der Waals surface area contributed by atoms with Gasteiger partial charge in [0.05, 0.1) is 24.8 Å². The molecule has 0 radical (unpaired) electrons. The number of carbonyl (C=O) groups excluding carboxylic acids is 1. The van der Waals surface area contributed by atoms with Crippen molar-refractivity contribution in [2.24, 2.45) is 10.4 Å². The maximum absolute atomic E-state index is 13.8. The molecular formula is C29H27N3O2S. The molecule has 0 aromatic heterocycles. The van der Waals surface area contributed by atoms with Crippen molar-refractivity contribution in [3.05, 3.63) is 102 Å². The van der Waals surface area contributed by atoms with Gasteiger partial charge in [0.25, 0.3) is 0 Å². The fourth-order valence-corrected chi connectivity index (χ4v) is 5.28. The van der Waals surface area contributed by atoms with E-state index in [1.165, 1.54) is 18.9 Å². The van der Waals surface area contributed by atoms with Crippen molar-refractivity contribution >= 4 is 22.8 Å². The molecule has 0 amide bonds. The molecule has 0 bridgehead atoms. The molecule has 3 rings (SSSR count). The zero-order chi connectivity index (χ0) is 25.5. The number of nitrogens with zero attached hydrogens (tertiary/aromatic N) is 3. The minimum atomic E-state index is -2.10. The number of aliphatic imine (C=N–C) groups is 1. The average Bonchev–Trinajstić information content (AvgIpc) is 2.87. The molecule has 0 heterocycles. The van der Waals surface area contributed by atoms with Crippen LogP contribution in [-0.2, 0) is 14.9 Å². The van der Waals surface area contributed by atoms with E-state index in [1.54, 1.807) is 48.5 Å². The van der Waals surface area contributed by atoms with Gasteiger partial charge in [-0.1, -0.05) is 90.6 Å². The van der Waals surface area contributed by atoms with E-state index in [2.05, 4.69) is 12.1 Å². The summed E-state index contributed by atoms with van der Waals surface area (Å²) in [4.78, 5) is 19.5. The van der Waals surface area contributed by atoms with Gasteiger partial charge in [-0.15, -0.1) is 0 Å². The molecule has 6 heteroatoms. The van der Waals surface area contributed by atoms with Gasteiger partial charge in [-0.2, -0.15) is 10.5 Å². The quantitative estimate of drug-likeness (QED) is 0.182. The summed E-state index contributed by atoms with van der Waals surface area (Å²) in [7, 11) is 1.23. The lowest BCUT2D eigenvalue weighted by Gasteiger charge is -2.41. The van der Waals surface area contributed by atoms with Gasteiger partial charge in [-0.05, 0) is 44.0 Å². The Morgan fingerprint density at radius 3 is 1.63 bits per heavy atom. The monoisotopic (exact) mass is 481 g/mol. The molecule has 0 N–H and O–H groups in total. The third-order valence-corrected chi connectivity index (χ3v) is 6.62. The highest BCUT2D eigenvalue weighted by Crippen LogP contribution is 2.52. The van der Waals surface area contributed by atoms with Crippen LogP contribution in [-0.4, -0.2) is 23.7 Å². The van der Waals surface area contributed by atoms with Crippen molar-refractivity contribution in [3.63, 3.8) is 0 Å². The summed E-state index contributed by atoms with van der Waals surface area (Å²) >= 11 is 1.20. The minimum absolute atomic E-state index is 0.194. The topological polar surface area (TPSA) is 86.2 Å². The minimum Gasteiger partial charge on any atom is -0.467 e. The van der Waals surface area contributed by atoms with E-state index in [0.29, 0.717) is 11.1 Å². The Labute approximate surface area is 211 Å². The van der Waals surface area contributed by atoms with Crippen LogP contribution in [0.15, 0.2) is 101 Å². The van der Waals surface area contributed by atoms with E-state index in [9.17, 15) is 15.3 Å². The summed E-state index contributed by atoms with van der Waals surface area (Å²) < 4.78 is 5.28. The van der Waals surface area contributed by atoms with Crippen molar-refractivity contribution in [3.8, 4) is 12.1 Å². The van der Waals surface area contributed by atoms with Gasteiger partial charge < -0.3 is 4.74 Å². The summed E-state index contributed by atoms with van der Waals surface area (Å²) in [5, 5.41) is 22.0. The molecule has 0 saturated carbocycles. The van der Waals surface area contributed by atoms with Crippen LogP contribution in [0.2, 0.25) is 0 Å². The number of benzene rings is 3. The maximum atomic E-state index is 13.8. The molecule has 0 aliphatic heterocycles. The van der Waals surface area contributed by atoms with Crippen LogP contribution < -0.4 is 0 Å². The van der Waals surface area contributed by atoms with Crippen molar-refractivity contribution < 1.29 is 9.53 Å². The van der Waals surface area contributed by atoms with Gasteiger partial charge in [0.2, 0.25) is 5.41 Å². The Balaban J connectivity index is 2.52. The van der Waals surface area contributed by atoms with Crippen molar-refractivity contribution in [2.45, 2.75) is 36.6 Å². The standard InChI is InChI=1S/C29H27N3O2S/c1-27(2,3)32-25(35-24-18-12-7-13-19-24)29(21-31,26(33)34-4)28(20-30,22-14-8-5-9-15-22)23-16-10-6-11-17-23/h5-19H,1-4H3. The number of carbonyl (C=O) groups is 1. The molecule has 176 valence electrons. The van der Waals surface area contributed by atoms with E-state index >= 15 is 0 Å². The van der Waals surface area contributed by atoms with Gasteiger partial charge in [-0.3, -0.25) is 4.99 Å². The van der Waals surface area contributed by atoms with Gasteiger partial charge in [-0.25, -0.2) is 4.79 Å². The second-order valence-electron chi connectivity index (χ2n) is 8.95. The van der Waals surface area contributed by atoms with E-state index in [0.717, 1.165) is 4.90 Å². The zero-order valence-electron chi connectivity index (χ0n) is 20.2. The Bertz CT molecular complexity index is 1230. The van der Waals surface area contributed by atoms with Crippen LogP contribution in [0.25, 0.3) is 0 Å². The van der Waals surface area contributed by atoms with Crippen molar-refractivity contribution in [1.82, 2.24) is 0 Å². The van der Waals surface area contributed by atoms with Crippen molar-refractivity contribution in [2.75, 3.05) is 7.11 Å². The van der Waals surface area contributed by atoms with E-state index in [4.69, 9.17) is 9.73 Å². The fourth-order valence-electron chi connectivity index (χ4n) is 4.01. The summed E-state index contributed by atoms with van der Waals surface area (Å²) in [6, 6.07) is 31.8. The summed E-state index contributed by atoms with van der Waals surface area (Å²) in [5.74, 6) is -0.847. The Morgan fingerprint density at radius 1 is 0.800 bits per heavy atom. The highest BCUT2D eigenvalue weighted by Gasteiger charge is 2.65.